The number of ether oxygens (including phenoxy) is 1. The zero-order valence-electron chi connectivity index (χ0n) is 13.5. The minimum absolute atomic E-state index is 0.104. The molecule has 0 heterocycles. The van der Waals surface area contributed by atoms with Crippen LogP contribution in [0.2, 0.25) is 0 Å². The molecule has 0 aliphatic rings. The minimum Gasteiger partial charge on any atom is -0.465 e. The molecule has 2 aromatic rings. The Balaban J connectivity index is 1.99. The van der Waals surface area contributed by atoms with Crippen LogP contribution in [0.25, 0.3) is 0 Å². The fourth-order valence-electron chi connectivity index (χ4n) is 2.01. The molecule has 0 fully saturated rings. The predicted molar refractivity (Wildman–Crippen MR) is 89.7 cm³/mol. The number of carbonyl (C=O) groups excluding carboxylic acids is 3. The first-order chi connectivity index (χ1) is 11.5. The third kappa shape index (κ3) is 4.67. The summed E-state index contributed by atoms with van der Waals surface area (Å²) in [5, 5.41) is 5.44. The predicted octanol–water partition coefficient (Wildman–Crippen LogP) is 2.36. The van der Waals surface area contributed by atoms with Gasteiger partial charge in [0.05, 0.1) is 12.7 Å². The maximum atomic E-state index is 12.2. The highest BCUT2D eigenvalue weighted by Gasteiger charge is 2.08. The summed E-state index contributed by atoms with van der Waals surface area (Å²) in [7, 11) is 1.31. The monoisotopic (exact) mass is 326 g/mol. The number of benzene rings is 2. The molecule has 2 aromatic carbocycles. The van der Waals surface area contributed by atoms with Gasteiger partial charge < -0.3 is 15.4 Å². The first-order valence-electron chi connectivity index (χ1n) is 7.32. The summed E-state index contributed by atoms with van der Waals surface area (Å²) in [6.45, 7) is 1.87. The molecule has 0 aliphatic carbocycles. The molecule has 2 rings (SSSR count). The van der Waals surface area contributed by atoms with Gasteiger partial charge in [-0.2, -0.15) is 0 Å². The van der Waals surface area contributed by atoms with Gasteiger partial charge in [-0.25, -0.2) is 4.79 Å². The van der Waals surface area contributed by atoms with E-state index in [1.165, 1.54) is 14.0 Å². The summed E-state index contributed by atoms with van der Waals surface area (Å²) >= 11 is 0. The lowest BCUT2D eigenvalue weighted by molar-refractivity contribution is -0.119. The molecule has 0 unspecified atom stereocenters. The Morgan fingerprint density at radius 1 is 0.917 bits per heavy atom. The number of esters is 1. The smallest absolute Gasteiger partial charge is 0.337 e. The van der Waals surface area contributed by atoms with E-state index in [1.807, 2.05) is 0 Å². The van der Waals surface area contributed by atoms with E-state index in [2.05, 4.69) is 15.4 Å². The van der Waals surface area contributed by atoms with E-state index in [-0.39, 0.29) is 11.8 Å². The van der Waals surface area contributed by atoms with Crippen molar-refractivity contribution in [2.75, 3.05) is 12.4 Å². The molecule has 0 bridgehead atoms. The molecule has 0 saturated heterocycles. The standard InChI is InChI=1S/C18H18N2O4/c1-12(21)19-11-13-3-5-14(6-4-13)17(22)20-16-9-7-15(8-10-16)18(23)24-2/h3-10H,11H2,1-2H3,(H,19,21)(H,20,22). The first-order valence-corrected chi connectivity index (χ1v) is 7.32. The highest BCUT2D eigenvalue weighted by Crippen LogP contribution is 2.13. The summed E-state index contributed by atoms with van der Waals surface area (Å²) in [6, 6.07) is 13.4. The van der Waals surface area contributed by atoms with Gasteiger partial charge in [0.25, 0.3) is 5.91 Å². The van der Waals surface area contributed by atoms with Crippen LogP contribution in [-0.4, -0.2) is 24.9 Å². The Bertz CT molecular complexity index is 737. The number of nitrogens with one attached hydrogen (secondary N) is 2. The summed E-state index contributed by atoms with van der Waals surface area (Å²) in [6.07, 6.45) is 0. The SMILES string of the molecule is COC(=O)c1ccc(NC(=O)c2ccc(CNC(C)=O)cc2)cc1. The van der Waals surface area contributed by atoms with E-state index in [4.69, 9.17) is 0 Å². The molecule has 0 atom stereocenters. The molecule has 0 saturated carbocycles. The van der Waals surface area contributed by atoms with Crippen LogP contribution >= 0.6 is 0 Å². The molecule has 2 N–H and O–H groups in total. The maximum Gasteiger partial charge on any atom is 0.337 e. The van der Waals surface area contributed by atoms with Gasteiger partial charge in [-0.1, -0.05) is 12.1 Å². The van der Waals surface area contributed by atoms with Crippen molar-refractivity contribution in [3.63, 3.8) is 0 Å². The van der Waals surface area contributed by atoms with E-state index in [9.17, 15) is 14.4 Å². The number of hydrogen-bond donors (Lipinski definition) is 2. The number of rotatable bonds is 5. The Kier molecular flexibility index (Phi) is 5.68. The van der Waals surface area contributed by atoms with Gasteiger partial charge in [0, 0.05) is 24.7 Å². The van der Waals surface area contributed by atoms with Crippen molar-refractivity contribution >= 4 is 23.5 Å². The highest BCUT2D eigenvalue weighted by atomic mass is 16.5. The van der Waals surface area contributed by atoms with Crippen molar-refractivity contribution in [3.8, 4) is 0 Å². The molecule has 0 aromatic heterocycles. The van der Waals surface area contributed by atoms with E-state index < -0.39 is 5.97 Å². The van der Waals surface area contributed by atoms with Crippen LogP contribution < -0.4 is 10.6 Å². The summed E-state index contributed by atoms with van der Waals surface area (Å²) < 4.78 is 4.62. The molecular formula is C18H18N2O4. The molecule has 6 nitrogen and oxygen atoms in total. The lowest BCUT2D eigenvalue weighted by Crippen LogP contribution is -2.19. The van der Waals surface area contributed by atoms with Crippen molar-refractivity contribution in [1.29, 1.82) is 0 Å². The summed E-state index contributed by atoms with van der Waals surface area (Å²) in [4.78, 5) is 34.4. The zero-order chi connectivity index (χ0) is 17.5. The second-order valence-electron chi connectivity index (χ2n) is 5.13. The molecule has 2 amide bonds. The van der Waals surface area contributed by atoms with Crippen molar-refractivity contribution in [2.45, 2.75) is 13.5 Å². The van der Waals surface area contributed by atoms with Gasteiger partial charge in [0.1, 0.15) is 0 Å². The number of carbonyl (C=O) groups is 3. The minimum atomic E-state index is -0.428. The van der Waals surface area contributed by atoms with Gasteiger partial charge in [-0.15, -0.1) is 0 Å². The highest BCUT2D eigenvalue weighted by molar-refractivity contribution is 6.04. The number of anilines is 1. The molecule has 0 spiro atoms. The summed E-state index contributed by atoms with van der Waals surface area (Å²) in [5.41, 5.74) is 2.40. The zero-order valence-corrected chi connectivity index (χ0v) is 13.5. The largest absolute Gasteiger partial charge is 0.465 e. The van der Waals surface area contributed by atoms with Gasteiger partial charge in [-0.3, -0.25) is 9.59 Å². The summed E-state index contributed by atoms with van der Waals surface area (Å²) in [5.74, 6) is -0.790. The van der Waals surface area contributed by atoms with Gasteiger partial charge in [-0.05, 0) is 42.0 Å². The van der Waals surface area contributed by atoms with Crippen LogP contribution in [0.5, 0.6) is 0 Å². The Morgan fingerprint density at radius 3 is 2.04 bits per heavy atom. The van der Waals surface area contributed by atoms with E-state index >= 15 is 0 Å². The molecule has 24 heavy (non-hydrogen) atoms. The molecule has 0 aliphatic heterocycles. The molecule has 0 radical (unpaired) electrons. The third-order valence-electron chi connectivity index (χ3n) is 3.32. The van der Waals surface area contributed by atoms with Crippen LogP contribution in [0, 0.1) is 0 Å². The molecule has 6 heteroatoms. The van der Waals surface area contributed by atoms with Crippen LogP contribution in [0.1, 0.15) is 33.2 Å². The molecule has 124 valence electrons. The van der Waals surface area contributed by atoms with Crippen molar-refractivity contribution in [1.82, 2.24) is 5.32 Å². The Hall–Kier alpha value is -3.15. The second kappa shape index (κ2) is 7.92. The molecular weight excluding hydrogens is 308 g/mol. The average molecular weight is 326 g/mol. The van der Waals surface area contributed by atoms with E-state index in [0.717, 1.165) is 5.56 Å². The first kappa shape index (κ1) is 17.2. The lowest BCUT2D eigenvalue weighted by Gasteiger charge is -2.07. The quantitative estimate of drug-likeness (QED) is 0.826. The fourth-order valence-corrected chi connectivity index (χ4v) is 2.01. The van der Waals surface area contributed by atoms with E-state index in [0.29, 0.717) is 23.4 Å². The average Bonchev–Trinajstić information content (AvgIpc) is 2.60. The lowest BCUT2D eigenvalue weighted by atomic mass is 10.1. The maximum absolute atomic E-state index is 12.2. The van der Waals surface area contributed by atoms with Gasteiger partial charge >= 0.3 is 5.97 Å². The number of amides is 2. The van der Waals surface area contributed by atoms with Crippen LogP contribution in [0.3, 0.4) is 0 Å². The number of hydrogen-bond acceptors (Lipinski definition) is 4. The Labute approximate surface area is 139 Å². The third-order valence-corrected chi connectivity index (χ3v) is 3.32. The van der Waals surface area contributed by atoms with Crippen molar-refractivity contribution < 1.29 is 19.1 Å². The fraction of sp³-hybridized carbons (Fsp3) is 0.167. The van der Waals surface area contributed by atoms with Crippen LogP contribution in [0.15, 0.2) is 48.5 Å². The van der Waals surface area contributed by atoms with E-state index in [1.54, 1.807) is 48.5 Å². The number of methoxy groups -OCH3 is 1. The Morgan fingerprint density at radius 2 is 1.50 bits per heavy atom. The second-order valence-corrected chi connectivity index (χ2v) is 5.13. The van der Waals surface area contributed by atoms with Crippen molar-refractivity contribution in [2.24, 2.45) is 0 Å². The topological polar surface area (TPSA) is 84.5 Å². The van der Waals surface area contributed by atoms with Crippen LogP contribution in [0.4, 0.5) is 5.69 Å². The normalized spacial score (nSPS) is 9.92. The van der Waals surface area contributed by atoms with Crippen LogP contribution in [-0.2, 0) is 16.1 Å². The van der Waals surface area contributed by atoms with Gasteiger partial charge in [0.2, 0.25) is 5.91 Å². The van der Waals surface area contributed by atoms with Crippen molar-refractivity contribution in [3.05, 3.63) is 65.2 Å². The van der Waals surface area contributed by atoms with Gasteiger partial charge in [0.15, 0.2) is 0 Å².